The molecule has 0 fully saturated rings. The largest absolute Gasteiger partial charge is 0.497 e. The standard InChI is InChI=1S/C30H39O3PS/c1-28(2,3)22-16-10-13-19-25(22)32-34(31,33-26-20-14-11-17-23(26)29(4,5)6)35-27-21-15-12-18-24(27)30(7,8)9/h10-21H,1-9H3. The van der Waals surface area contributed by atoms with E-state index in [1.807, 2.05) is 66.7 Å². The highest BCUT2D eigenvalue weighted by Gasteiger charge is 2.36. The smallest absolute Gasteiger partial charge is 0.408 e. The Balaban J connectivity index is 2.14. The predicted molar refractivity (Wildman–Crippen MR) is 150 cm³/mol. The number of rotatable bonds is 6. The lowest BCUT2D eigenvalue weighted by atomic mass is 9.86. The Morgan fingerprint density at radius 2 is 0.886 bits per heavy atom. The fourth-order valence-corrected chi connectivity index (χ4v) is 7.59. The summed E-state index contributed by atoms with van der Waals surface area (Å²) < 4.78 is 27.5. The summed E-state index contributed by atoms with van der Waals surface area (Å²) in [7, 11) is 0. The van der Waals surface area contributed by atoms with Crippen molar-refractivity contribution in [1.82, 2.24) is 0 Å². The third-order valence-electron chi connectivity index (χ3n) is 5.72. The van der Waals surface area contributed by atoms with Crippen molar-refractivity contribution >= 4 is 18.2 Å². The highest BCUT2D eigenvalue weighted by Crippen LogP contribution is 2.64. The zero-order chi connectivity index (χ0) is 26.1. The van der Waals surface area contributed by atoms with Crippen molar-refractivity contribution in [1.29, 1.82) is 0 Å². The molecule has 3 rings (SSSR count). The fourth-order valence-electron chi connectivity index (χ4n) is 3.91. The summed E-state index contributed by atoms with van der Waals surface area (Å²) in [5, 5.41) is 0. The molecule has 0 saturated carbocycles. The molecule has 0 amide bonds. The molecule has 0 N–H and O–H groups in total. The molecule has 0 aliphatic heterocycles. The molecule has 0 radical (unpaired) electrons. The molecule has 3 aromatic carbocycles. The van der Waals surface area contributed by atoms with Crippen LogP contribution in [0, 0.1) is 0 Å². The van der Waals surface area contributed by atoms with Crippen LogP contribution in [-0.4, -0.2) is 0 Å². The summed E-state index contributed by atoms with van der Waals surface area (Å²) in [6, 6.07) is 23.6. The molecule has 0 spiro atoms. The third kappa shape index (κ3) is 6.96. The van der Waals surface area contributed by atoms with Crippen LogP contribution >= 0.6 is 18.2 Å². The van der Waals surface area contributed by atoms with Gasteiger partial charge in [-0.1, -0.05) is 117 Å². The van der Waals surface area contributed by atoms with Crippen LogP contribution in [-0.2, 0) is 20.8 Å². The van der Waals surface area contributed by atoms with E-state index in [1.165, 1.54) is 11.4 Å². The van der Waals surface area contributed by atoms with Gasteiger partial charge in [0.2, 0.25) is 0 Å². The highest BCUT2D eigenvalue weighted by atomic mass is 32.7. The number of hydrogen-bond acceptors (Lipinski definition) is 4. The first-order chi connectivity index (χ1) is 16.1. The third-order valence-corrected chi connectivity index (χ3v) is 9.04. The van der Waals surface area contributed by atoms with E-state index in [9.17, 15) is 4.57 Å². The lowest BCUT2D eigenvalue weighted by Gasteiger charge is -2.29. The summed E-state index contributed by atoms with van der Waals surface area (Å²) >= 11 is 1.18. The normalized spacial score (nSPS) is 12.9. The second-order valence-electron chi connectivity index (χ2n) is 12.0. The van der Waals surface area contributed by atoms with E-state index in [0.29, 0.717) is 11.5 Å². The van der Waals surface area contributed by atoms with Gasteiger partial charge in [0, 0.05) is 27.4 Å². The van der Waals surface area contributed by atoms with Gasteiger partial charge in [0.05, 0.1) is 0 Å². The maximum atomic E-state index is 14.7. The van der Waals surface area contributed by atoms with E-state index in [4.69, 9.17) is 9.05 Å². The van der Waals surface area contributed by atoms with E-state index < -0.39 is 6.80 Å². The summed E-state index contributed by atoms with van der Waals surface area (Å²) in [5.74, 6) is 1.16. The van der Waals surface area contributed by atoms with Crippen LogP contribution in [0.2, 0.25) is 0 Å². The number of para-hydroxylation sites is 2. The van der Waals surface area contributed by atoms with Crippen molar-refractivity contribution in [3.63, 3.8) is 0 Å². The van der Waals surface area contributed by atoms with Gasteiger partial charge in [0.1, 0.15) is 11.5 Å². The molecular weight excluding hydrogens is 471 g/mol. The molecule has 3 nitrogen and oxygen atoms in total. The lowest BCUT2D eigenvalue weighted by molar-refractivity contribution is 0.396. The van der Waals surface area contributed by atoms with Gasteiger partial charge in [-0.3, -0.25) is 0 Å². The molecule has 0 aliphatic rings. The van der Waals surface area contributed by atoms with Crippen molar-refractivity contribution in [3.8, 4) is 11.5 Å². The van der Waals surface area contributed by atoms with Gasteiger partial charge in [0.25, 0.3) is 0 Å². The first-order valence-corrected chi connectivity index (χ1v) is 15.0. The minimum atomic E-state index is -3.76. The Kier molecular flexibility index (Phi) is 7.89. The average molecular weight is 511 g/mol. The van der Waals surface area contributed by atoms with Crippen molar-refractivity contribution in [2.24, 2.45) is 0 Å². The maximum absolute atomic E-state index is 14.7. The molecule has 0 heterocycles. The molecule has 188 valence electrons. The summed E-state index contributed by atoms with van der Waals surface area (Å²) in [4.78, 5) is 0.893. The Morgan fingerprint density at radius 3 is 1.29 bits per heavy atom. The fraction of sp³-hybridized carbons (Fsp3) is 0.400. The van der Waals surface area contributed by atoms with Crippen LogP contribution in [0.5, 0.6) is 11.5 Å². The van der Waals surface area contributed by atoms with Crippen molar-refractivity contribution in [2.75, 3.05) is 0 Å². The maximum Gasteiger partial charge on any atom is 0.497 e. The second kappa shape index (κ2) is 10.1. The molecule has 0 unspecified atom stereocenters. The molecular formula is C30H39O3PS. The lowest BCUT2D eigenvalue weighted by Crippen LogP contribution is -2.15. The topological polar surface area (TPSA) is 35.5 Å². The Hall–Kier alpha value is -2.16. The number of benzene rings is 3. The quantitative estimate of drug-likeness (QED) is 0.309. The van der Waals surface area contributed by atoms with Gasteiger partial charge in [-0.05, 0) is 40.0 Å². The summed E-state index contributed by atoms with van der Waals surface area (Å²) in [6.07, 6.45) is 0. The Labute approximate surface area is 215 Å². The Bertz CT molecular complexity index is 1060. The Morgan fingerprint density at radius 1 is 0.543 bits per heavy atom. The van der Waals surface area contributed by atoms with Gasteiger partial charge < -0.3 is 9.05 Å². The van der Waals surface area contributed by atoms with Crippen LogP contribution in [0.1, 0.15) is 79.0 Å². The van der Waals surface area contributed by atoms with E-state index in [1.54, 1.807) is 0 Å². The van der Waals surface area contributed by atoms with Crippen LogP contribution in [0.4, 0.5) is 0 Å². The van der Waals surface area contributed by atoms with Gasteiger partial charge >= 0.3 is 6.80 Å². The molecule has 5 heteroatoms. The van der Waals surface area contributed by atoms with E-state index in [-0.39, 0.29) is 16.2 Å². The van der Waals surface area contributed by atoms with Crippen LogP contribution in [0.3, 0.4) is 0 Å². The van der Waals surface area contributed by atoms with E-state index in [0.717, 1.165) is 21.6 Å². The molecule has 35 heavy (non-hydrogen) atoms. The highest BCUT2D eigenvalue weighted by molar-refractivity contribution is 8.55. The first-order valence-electron chi connectivity index (χ1n) is 12.1. The molecule has 0 saturated heterocycles. The van der Waals surface area contributed by atoms with Gasteiger partial charge in [0.15, 0.2) is 0 Å². The molecule has 0 aromatic heterocycles. The minimum absolute atomic E-state index is 0.124. The van der Waals surface area contributed by atoms with Crippen molar-refractivity contribution in [3.05, 3.63) is 89.5 Å². The SMILES string of the molecule is CC(C)(C)c1ccccc1OP(=O)(Oc1ccccc1C(C)(C)C)Sc1ccccc1C(C)(C)C. The van der Waals surface area contributed by atoms with Gasteiger partial charge in [-0.2, -0.15) is 0 Å². The predicted octanol–water partition coefficient (Wildman–Crippen LogP) is 9.94. The zero-order valence-electron chi connectivity index (χ0n) is 22.5. The van der Waals surface area contributed by atoms with E-state index >= 15 is 0 Å². The minimum Gasteiger partial charge on any atom is -0.408 e. The van der Waals surface area contributed by atoms with Crippen LogP contribution < -0.4 is 9.05 Å². The van der Waals surface area contributed by atoms with Crippen molar-refractivity contribution < 1.29 is 13.6 Å². The average Bonchev–Trinajstić information content (AvgIpc) is 2.72. The summed E-state index contributed by atoms with van der Waals surface area (Å²) in [5.41, 5.74) is 2.58. The van der Waals surface area contributed by atoms with Gasteiger partial charge in [-0.15, -0.1) is 0 Å². The van der Waals surface area contributed by atoms with Crippen LogP contribution in [0.25, 0.3) is 0 Å². The monoisotopic (exact) mass is 510 g/mol. The first kappa shape index (κ1) is 27.4. The molecule has 0 bridgehead atoms. The number of hydrogen-bond donors (Lipinski definition) is 0. The summed E-state index contributed by atoms with van der Waals surface area (Å²) in [6.45, 7) is 15.4. The second-order valence-corrected chi connectivity index (χ2v) is 15.7. The molecule has 0 atom stereocenters. The molecule has 3 aromatic rings. The van der Waals surface area contributed by atoms with Gasteiger partial charge in [-0.25, -0.2) is 4.57 Å². The van der Waals surface area contributed by atoms with Crippen LogP contribution in [0.15, 0.2) is 77.7 Å². The zero-order valence-corrected chi connectivity index (χ0v) is 24.2. The van der Waals surface area contributed by atoms with E-state index in [2.05, 4.69) is 68.4 Å². The van der Waals surface area contributed by atoms with Crippen molar-refractivity contribution in [2.45, 2.75) is 83.5 Å². The molecule has 0 aliphatic carbocycles.